The Morgan fingerprint density at radius 3 is 2.12 bits per heavy atom. The molecule has 0 saturated carbocycles. The Labute approximate surface area is 253 Å². The SMILES string of the molecule is C1=CC(c2c3ccccc3c(-c3cccc(-c4nccs4)c3)c3cc(-c4ccccc4)ccc23)=CC(c2nccs2)C1. The van der Waals surface area contributed by atoms with Crippen LogP contribution in [0.5, 0.6) is 0 Å². The summed E-state index contributed by atoms with van der Waals surface area (Å²) < 4.78 is 0. The molecule has 1 unspecified atom stereocenters. The molecule has 0 saturated heterocycles. The molecule has 2 nitrogen and oxygen atoms in total. The molecule has 0 fully saturated rings. The van der Waals surface area contributed by atoms with Gasteiger partial charge in [0.1, 0.15) is 5.01 Å². The molecule has 42 heavy (non-hydrogen) atoms. The van der Waals surface area contributed by atoms with E-state index in [1.165, 1.54) is 59.9 Å². The fourth-order valence-corrected chi connectivity index (χ4v) is 7.58. The van der Waals surface area contributed by atoms with Gasteiger partial charge in [0.05, 0.1) is 5.01 Å². The van der Waals surface area contributed by atoms with E-state index in [-0.39, 0.29) is 5.92 Å². The van der Waals surface area contributed by atoms with Gasteiger partial charge in [-0.25, -0.2) is 9.97 Å². The Kier molecular flexibility index (Phi) is 6.36. The van der Waals surface area contributed by atoms with Crippen molar-refractivity contribution < 1.29 is 0 Å². The van der Waals surface area contributed by atoms with E-state index < -0.39 is 0 Å². The van der Waals surface area contributed by atoms with Crippen LogP contribution in [0.25, 0.3) is 59.9 Å². The molecule has 0 N–H and O–H groups in total. The van der Waals surface area contributed by atoms with Crippen LogP contribution in [0.15, 0.2) is 138 Å². The van der Waals surface area contributed by atoms with E-state index in [0.717, 1.165) is 17.0 Å². The fourth-order valence-electron chi connectivity index (χ4n) is 6.22. The highest BCUT2D eigenvalue weighted by Crippen LogP contribution is 2.45. The van der Waals surface area contributed by atoms with E-state index in [9.17, 15) is 0 Å². The lowest BCUT2D eigenvalue weighted by Gasteiger charge is -2.22. The Morgan fingerprint density at radius 2 is 1.31 bits per heavy atom. The van der Waals surface area contributed by atoms with E-state index in [2.05, 4.69) is 131 Å². The molecule has 7 aromatic rings. The highest BCUT2D eigenvalue weighted by Gasteiger charge is 2.21. The van der Waals surface area contributed by atoms with Gasteiger partial charge >= 0.3 is 0 Å². The van der Waals surface area contributed by atoms with Crippen molar-refractivity contribution in [3.05, 3.63) is 149 Å². The number of allylic oxidation sites excluding steroid dienone is 4. The first-order chi connectivity index (χ1) is 20.8. The van der Waals surface area contributed by atoms with Crippen molar-refractivity contribution in [2.24, 2.45) is 0 Å². The van der Waals surface area contributed by atoms with E-state index in [4.69, 9.17) is 0 Å². The van der Waals surface area contributed by atoms with E-state index in [1.54, 1.807) is 22.7 Å². The van der Waals surface area contributed by atoms with Crippen LogP contribution < -0.4 is 0 Å². The molecule has 2 aromatic heterocycles. The minimum Gasteiger partial charge on any atom is -0.249 e. The zero-order valence-electron chi connectivity index (χ0n) is 22.8. The summed E-state index contributed by atoms with van der Waals surface area (Å²) in [6.07, 6.45) is 11.8. The van der Waals surface area contributed by atoms with Crippen LogP contribution in [0.4, 0.5) is 0 Å². The largest absolute Gasteiger partial charge is 0.249 e. The van der Waals surface area contributed by atoms with Crippen LogP contribution in [0.3, 0.4) is 0 Å². The molecule has 0 aliphatic heterocycles. The highest BCUT2D eigenvalue weighted by atomic mass is 32.1. The summed E-state index contributed by atoms with van der Waals surface area (Å²) in [5, 5.41) is 11.4. The van der Waals surface area contributed by atoms with Gasteiger partial charge in [-0.15, -0.1) is 22.7 Å². The number of rotatable bonds is 5. The summed E-state index contributed by atoms with van der Waals surface area (Å²) in [7, 11) is 0. The second-order valence-electron chi connectivity index (χ2n) is 10.6. The van der Waals surface area contributed by atoms with Gasteiger partial charge in [0.2, 0.25) is 0 Å². The van der Waals surface area contributed by atoms with Gasteiger partial charge < -0.3 is 0 Å². The zero-order valence-corrected chi connectivity index (χ0v) is 24.4. The Bertz CT molecular complexity index is 2100. The molecular formula is C38H26N2S2. The standard InChI is InChI=1S/C38H26N2S2/c1-2-8-25(9-3-1)26-16-17-33-34(24-26)36(28-11-7-13-30(23-28)38-40-19-21-42-38)32-15-5-4-14-31(32)35(33)27-10-6-12-29(22-27)37-39-18-20-41-37/h1-11,13-24,29H,12H2. The number of benzene rings is 5. The van der Waals surface area contributed by atoms with Gasteiger partial charge in [-0.05, 0) is 73.5 Å². The molecule has 1 aliphatic rings. The normalized spacial score (nSPS) is 14.9. The molecule has 1 atom stereocenters. The fraction of sp³-hybridized carbons (Fsp3) is 0.0526. The number of aromatic nitrogens is 2. The second-order valence-corrected chi connectivity index (χ2v) is 12.4. The zero-order chi connectivity index (χ0) is 27.9. The third kappa shape index (κ3) is 4.40. The number of hydrogen-bond donors (Lipinski definition) is 0. The Morgan fingerprint density at radius 1 is 0.571 bits per heavy atom. The van der Waals surface area contributed by atoms with Gasteiger partial charge in [-0.1, -0.05) is 103 Å². The number of nitrogens with zero attached hydrogens (tertiary/aromatic N) is 2. The van der Waals surface area contributed by atoms with Gasteiger partial charge in [0.25, 0.3) is 0 Å². The van der Waals surface area contributed by atoms with Crippen molar-refractivity contribution in [2.75, 3.05) is 0 Å². The lowest BCUT2D eigenvalue weighted by molar-refractivity contribution is 0.845. The molecule has 5 aromatic carbocycles. The van der Waals surface area contributed by atoms with Gasteiger partial charge in [0.15, 0.2) is 0 Å². The van der Waals surface area contributed by atoms with Crippen LogP contribution in [0.2, 0.25) is 0 Å². The first-order valence-electron chi connectivity index (χ1n) is 14.2. The quantitative estimate of drug-likeness (QED) is 0.191. The van der Waals surface area contributed by atoms with Crippen LogP contribution in [-0.2, 0) is 0 Å². The van der Waals surface area contributed by atoms with Gasteiger partial charge in [0, 0.05) is 34.6 Å². The number of hydrogen-bond acceptors (Lipinski definition) is 4. The third-order valence-electron chi connectivity index (χ3n) is 8.09. The Balaban J connectivity index is 1.44. The average Bonchev–Trinajstić information content (AvgIpc) is 3.80. The predicted molar refractivity (Wildman–Crippen MR) is 180 cm³/mol. The molecule has 1 aliphatic carbocycles. The van der Waals surface area contributed by atoms with E-state index in [0.29, 0.717) is 0 Å². The average molecular weight is 575 g/mol. The van der Waals surface area contributed by atoms with Gasteiger partial charge in [-0.2, -0.15) is 0 Å². The van der Waals surface area contributed by atoms with E-state index in [1.807, 2.05) is 17.8 Å². The monoisotopic (exact) mass is 574 g/mol. The molecule has 0 radical (unpaired) electrons. The maximum Gasteiger partial charge on any atom is 0.123 e. The molecule has 4 heteroatoms. The smallest absolute Gasteiger partial charge is 0.123 e. The third-order valence-corrected chi connectivity index (χ3v) is 9.82. The molecule has 200 valence electrons. The van der Waals surface area contributed by atoms with E-state index >= 15 is 0 Å². The minimum absolute atomic E-state index is 0.289. The first-order valence-corrected chi connectivity index (χ1v) is 15.9. The number of fused-ring (bicyclic) bond motifs is 2. The summed E-state index contributed by atoms with van der Waals surface area (Å²) in [4.78, 5) is 9.26. The predicted octanol–water partition coefficient (Wildman–Crippen LogP) is 11.0. The van der Waals surface area contributed by atoms with Crippen molar-refractivity contribution in [2.45, 2.75) is 12.3 Å². The summed E-state index contributed by atoms with van der Waals surface area (Å²) in [6.45, 7) is 0. The second kappa shape index (κ2) is 10.6. The van der Waals surface area contributed by atoms with Crippen LogP contribution in [0, 0.1) is 0 Å². The maximum atomic E-state index is 4.66. The molecule has 0 amide bonds. The van der Waals surface area contributed by atoms with Crippen molar-refractivity contribution in [3.8, 4) is 32.8 Å². The summed E-state index contributed by atoms with van der Waals surface area (Å²) in [5.74, 6) is 0.289. The van der Waals surface area contributed by atoms with Crippen LogP contribution in [-0.4, -0.2) is 9.97 Å². The molecule has 0 spiro atoms. The van der Waals surface area contributed by atoms with Crippen LogP contribution >= 0.6 is 22.7 Å². The minimum atomic E-state index is 0.289. The van der Waals surface area contributed by atoms with Gasteiger partial charge in [-0.3, -0.25) is 0 Å². The molecular weight excluding hydrogens is 549 g/mol. The maximum absolute atomic E-state index is 4.66. The van der Waals surface area contributed by atoms with Crippen LogP contribution in [0.1, 0.15) is 22.9 Å². The number of thiazole rings is 2. The summed E-state index contributed by atoms with van der Waals surface area (Å²) in [5.41, 5.74) is 8.60. The van der Waals surface area contributed by atoms with Crippen molar-refractivity contribution in [1.29, 1.82) is 0 Å². The molecule has 2 heterocycles. The molecule has 0 bridgehead atoms. The van der Waals surface area contributed by atoms with Crippen molar-refractivity contribution >= 4 is 49.8 Å². The topological polar surface area (TPSA) is 25.8 Å². The van der Waals surface area contributed by atoms with Crippen molar-refractivity contribution in [3.63, 3.8) is 0 Å². The highest BCUT2D eigenvalue weighted by molar-refractivity contribution is 7.13. The Hall–Kier alpha value is -4.64. The molecule has 8 rings (SSSR count). The van der Waals surface area contributed by atoms with Crippen molar-refractivity contribution in [1.82, 2.24) is 9.97 Å². The summed E-state index contributed by atoms with van der Waals surface area (Å²) in [6, 6.07) is 35.4. The first kappa shape index (κ1) is 25.1. The lowest BCUT2D eigenvalue weighted by Crippen LogP contribution is -2.00. The lowest BCUT2D eigenvalue weighted by atomic mass is 9.82. The summed E-state index contributed by atoms with van der Waals surface area (Å²) >= 11 is 3.42.